The van der Waals surface area contributed by atoms with E-state index in [0.717, 1.165) is 0 Å². The quantitative estimate of drug-likeness (QED) is 0.428. The van der Waals surface area contributed by atoms with E-state index in [2.05, 4.69) is 5.48 Å². The molecule has 1 amide bonds. The summed E-state index contributed by atoms with van der Waals surface area (Å²) in [5, 5.41) is 0. The Kier molecular flexibility index (Phi) is 7.68. The van der Waals surface area contributed by atoms with Gasteiger partial charge in [0.05, 0.1) is 11.2 Å². The second-order valence-corrected chi connectivity index (χ2v) is 11.5. The summed E-state index contributed by atoms with van der Waals surface area (Å²) in [6, 6.07) is 10.8. The van der Waals surface area contributed by atoms with Crippen molar-refractivity contribution in [1.29, 1.82) is 0 Å². The van der Waals surface area contributed by atoms with Crippen molar-refractivity contribution in [3.8, 4) is 0 Å². The highest BCUT2D eigenvalue weighted by atomic mass is 16.7. The summed E-state index contributed by atoms with van der Waals surface area (Å²) in [6.45, 7) is 16.2. The normalized spacial score (nSPS) is 12.3. The van der Waals surface area contributed by atoms with Crippen LogP contribution in [0.4, 0.5) is 0 Å². The first-order chi connectivity index (χ1) is 15.4. The van der Waals surface area contributed by atoms with Gasteiger partial charge < -0.3 is 0 Å². The van der Waals surface area contributed by atoms with Gasteiger partial charge in [-0.2, -0.15) is 0 Å². The van der Waals surface area contributed by atoms with Gasteiger partial charge in [0, 0.05) is 33.1 Å². The summed E-state index contributed by atoms with van der Waals surface area (Å²) >= 11 is 0. The monoisotopic (exact) mass is 465 g/mol. The summed E-state index contributed by atoms with van der Waals surface area (Å²) in [4.78, 5) is 57.1. The zero-order chi connectivity index (χ0) is 26.1. The van der Waals surface area contributed by atoms with E-state index in [4.69, 9.17) is 4.84 Å². The van der Waals surface area contributed by atoms with E-state index < -0.39 is 28.1 Å². The van der Waals surface area contributed by atoms with Gasteiger partial charge in [-0.15, -0.1) is 0 Å². The number of hydroxylamine groups is 1. The van der Waals surface area contributed by atoms with Crippen LogP contribution in [0.3, 0.4) is 0 Å². The van der Waals surface area contributed by atoms with Crippen molar-refractivity contribution >= 4 is 23.3 Å². The second kappa shape index (κ2) is 9.63. The number of Topliss-reactive ketones (excluding diaryl/α,β-unsaturated/α-hetero) is 2. The fraction of sp³-hybridized carbons (Fsp3) is 0.429. The van der Waals surface area contributed by atoms with E-state index in [1.54, 1.807) is 71.9 Å². The van der Waals surface area contributed by atoms with E-state index >= 15 is 0 Å². The molecule has 0 aromatic heterocycles. The van der Waals surface area contributed by atoms with Crippen molar-refractivity contribution in [2.24, 2.45) is 10.8 Å². The Morgan fingerprint density at radius 2 is 1.06 bits per heavy atom. The fourth-order valence-corrected chi connectivity index (χ4v) is 3.12. The predicted molar refractivity (Wildman–Crippen MR) is 132 cm³/mol. The molecule has 2 aromatic rings. The Balaban J connectivity index is 2.52. The summed E-state index contributed by atoms with van der Waals surface area (Å²) in [6.07, 6.45) is 0. The first-order valence-corrected chi connectivity index (χ1v) is 11.3. The lowest BCUT2D eigenvalue weighted by atomic mass is 9.84. The molecule has 0 aliphatic rings. The average molecular weight is 466 g/mol. The second-order valence-electron chi connectivity index (χ2n) is 11.5. The van der Waals surface area contributed by atoms with Gasteiger partial charge >= 0.3 is 0 Å². The van der Waals surface area contributed by atoms with Gasteiger partial charge in [0.2, 0.25) is 0 Å². The highest BCUT2D eigenvalue weighted by molar-refractivity contribution is 6.16. The van der Waals surface area contributed by atoms with E-state index in [1.807, 2.05) is 20.8 Å². The molecule has 0 fully saturated rings. The molecule has 0 spiro atoms. The maximum Gasteiger partial charge on any atom is 0.275 e. The first-order valence-electron chi connectivity index (χ1n) is 11.3. The Labute approximate surface area is 202 Å². The molecule has 0 atom stereocenters. The Bertz CT molecular complexity index is 1110. The molecule has 2 rings (SSSR count). The smallest absolute Gasteiger partial charge is 0.275 e. The zero-order valence-corrected chi connectivity index (χ0v) is 21.6. The molecule has 0 aliphatic heterocycles. The molecule has 0 unspecified atom stereocenters. The minimum atomic E-state index is -0.658. The SMILES string of the molecule is CC(C)(C)ONC(=O)c1ccc(C(=O)C(C)(C)C)cc1C(=O)c1ccc(C(=O)C(C)(C)C)cc1. The Hall–Kier alpha value is -3.12. The molecule has 0 saturated carbocycles. The molecule has 34 heavy (non-hydrogen) atoms. The van der Waals surface area contributed by atoms with Gasteiger partial charge in [0.25, 0.3) is 5.91 Å². The third kappa shape index (κ3) is 6.70. The van der Waals surface area contributed by atoms with Crippen molar-refractivity contribution in [3.63, 3.8) is 0 Å². The molecule has 0 radical (unpaired) electrons. The lowest BCUT2D eigenvalue weighted by Gasteiger charge is -2.20. The van der Waals surface area contributed by atoms with Gasteiger partial charge in [-0.05, 0) is 32.9 Å². The molecular formula is C28H35NO5. The van der Waals surface area contributed by atoms with Gasteiger partial charge in [-0.3, -0.25) is 24.0 Å². The molecule has 6 nitrogen and oxygen atoms in total. The average Bonchev–Trinajstić information content (AvgIpc) is 2.73. The van der Waals surface area contributed by atoms with Gasteiger partial charge in [0.1, 0.15) is 0 Å². The highest BCUT2D eigenvalue weighted by Gasteiger charge is 2.27. The van der Waals surface area contributed by atoms with Crippen LogP contribution in [0.5, 0.6) is 0 Å². The summed E-state index contributed by atoms with van der Waals surface area (Å²) in [5.41, 5.74) is 1.86. The molecular weight excluding hydrogens is 430 g/mol. The van der Waals surface area contributed by atoms with E-state index in [-0.39, 0.29) is 22.7 Å². The van der Waals surface area contributed by atoms with Crippen molar-refractivity contribution in [3.05, 3.63) is 70.3 Å². The minimum absolute atomic E-state index is 0.0383. The van der Waals surface area contributed by atoms with Crippen LogP contribution in [-0.2, 0) is 4.84 Å². The first kappa shape index (κ1) is 27.1. The third-order valence-corrected chi connectivity index (χ3v) is 4.99. The lowest BCUT2D eigenvalue weighted by Crippen LogP contribution is -2.34. The molecule has 0 saturated heterocycles. The van der Waals surface area contributed by atoms with Crippen LogP contribution in [0.1, 0.15) is 109 Å². The number of hydrogen-bond donors (Lipinski definition) is 1. The predicted octanol–water partition coefficient (Wildman–Crippen LogP) is 5.84. The maximum absolute atomic E-state index is 13.5. The summed E-state index contributed by atoms with van der Waals surface area (Å²) in [7, 11) is 0. The van der Waals surface area contributed by atoms with Crippen molar-refractivity contribution in [2.45, 2.75) is 67.9 Å². The van der Waals surface area contributed by atoms with Crippen molar-refractivity contribution in [2.75, 3.05) is 0 Å². The van der Waals surface area contributed by atoms with Gasteiger partial charge in [-0.25, -0.2) is 5.48 Å². The number of amides is 1. The zero-order valence-electron chi connectivity index (χ0n) is 21.6. The molecule has 1 N–H and O–H groups in total. The minimum Gasteiger partial charge on any atom is -0.294 e. The molecule has 0 aliphatic carbocycles. The number of ketones is 3. The van der Waals surface area contributed by atoms with E-state index in [1.165, 1.54) is 12.1 Å². The topological polar surface area (TPSA) is 89.5 Å². The van der Waals surface area contributed by atoms with Crippen LogP contribution in [0, 0.1) is 10.8 Å². The maximum atomic E-state index is 13.5. The van der Waals surface area contributed by atoms with Crippen molar-refractivity contribution in [1.82, 2.24) is 5.48 Å². The number of rotatable bonds is 6. The number of benzene rings is 2. The van der Waals surface area contributed by atoms with Crippen LogP contribution in [0.2, 0.25) is 0 Å². The number of hydrogen-bond acceptors (Lipinski definition) is 5. The molecule has 182 valence electrons. The standard InChI is InChI=1S/C28H35NO5/c1-26(2,3)23(31)18-12-10-17(11-13-18)22(30)21-16-19(24(32)27(4,5)6)14-15-20(21)25(33)29-34-28(7,8)9/h10-16H,1-9H3,(H,29,33). The largest absolute Gasteiger partial charge is 0.294 e. The van der Waals surface area contributed by atoms with Crippen LogP contribution in [0.15, 0.2) is 42.5 Å². The Morgan fingerprint density at radius 1 is 0.618 bits per heavy atom. The van der Waals surface area contributed by atoms with Gasteiger partial charge in [0.15, 0.2) is 17.3 Å². The van der Waals surface area contributed by atoms with Crippen LogP contribution in [-0.4, -0.2) is 28.9 Å². The molecule has 6 heteroatoms. The van der Waals surface area contributed by atoms with Gasteiger partial charge in [-0.1, -0.05) is 71.9 Å². The molecule has 2 aromatic carbocycles. The highest BCUT2D eigenvalue weighted by Crippen LogP contribution is 2.25. The van der Waals surface area contributed by atoms with E-state index in [9.17, 15) is 19.2 Å². The third-order valence-electron chi connectivity index (χ3n) is 4.99. The summed E-state index contributed by atoms with van der Waals surface area (Å²) < 4.78 is 0. The van der Waals surface area contributed by atoms with Crippen LogP contribution >= 0.6 is 0 Å². The van der Waals surface area contributed by atoms with Crippen molar-refractivity contribution < 1.29 is 24.0 Å². The fourth-order valence-electron chi connectivity index (χ4n) is 3.12. The number of nitrogens with one attached hydrogen (secondary N) is 1. The number of carbonyl (C=O) groups is 4. The van der Waals surface area contributed by atoms with E-state index in [0.29, 0.717) is 16.7 Å². The van der Waals surface area contributed by atoms with Crippen LogP contribution < -0.4 is 5.48 Å². The lowest BCUT2D eigenvalue weighted by molar-refractivity contribution is -0.0589. The summed E-state index contributed by atoms with van der Waals surface area (Å²) in [5.74, 6) is -1.21. The Morgan fingerprint density at radius 3 is 1.53 bits per heavy atom. The number of carbonyl (C=O) groups excluding carboxylic acids is 4. The molecule has 0 bridgehead atoms. The van der Waals surface area contributed by atoms with Crippen LogP contribution in [0.25, 0.3) is 0 Å². The molecule has 0 heterocycles.